The summed E-state index contributed by atoms with van der Waals surface area (Å²) in [6.45, 7) is 8.08. The molecule has 0 aliphatic rings. The number of thioether (sulfide) groups is 1. The van der Waals surface area contributed by atoms with E-state index in [2.05, 4.69) is 6.92 Å². The fraction of sp³-hybridized carbons (Fsp3) is 0.421. The van der Waals surface area contributed by atoms with E-state index in [0.29, 0.717) is 9.93 Å². The molecule has 0 fully saturated rings. The van der Waals surface area contributed by atoms with Gasteiger partial charge in [-0.2, -0.15) is 5.26 Å². The van der Waals surface area contributed by atoms with E-state index >= 15 is 0 Å². The number of halogens is 3. The highest BCUT2D eigenvalue weighted by Crippen LogP contribution is 2.24. The highest BCUT2D eigenvalue weighted by Gasteiger charge is 2.05. The number of rotatable bonds is 7. The van der Waals surface area contributed by atoms with Gasteiger partial charge in [0.25, 0.3) is 0 Å². The number of benzene rings is 1. The van der Waals surface area contributed by atoms with Gasteiger partial charge < -0.3 is 4.74 Å². The lowest BCUT2D eigenvalue weighted by Gasteiger charge is -2.07. The van der Waals surface area contributed by atoms with Crippen LogP contribution in [0.4, 0.5) is 4.39 Å². The molecule has 2 nitrogen and oxygen atoms in total. The normalized spacial score (nSPS) is 10.2. The van der Waals surface area contributed by atoms with Crippen LogP contribution in [0.5, 0.6) is 5.75 Å². The Hall–Kier alpha value is -1.15. The summed E-state index contributed by atoms with van der Waals surface area (Å²) in [6, 6.07) is 4.40. The fourth-order valence-electron chi connectivity index (χ4n) is 1.38. The SMILES string of the molecule is CC.CC/C=C\C/C=C(/Cl)COc1ccc(SC#N)cc1F.CCCl. The minimum atomic E-state index is -0.499. The second-order valence-electron chi connectivity index (χ2n) is 4.11. The summed E-state index contributed by atoms with van der Waals surface area (Å²) in [5.74, 6) is 0.350. The highest BCUT2D eigenvalue weighted by atomic mass is 35.5. The smallest absolute Gasteiger partial charge is 0.166 e. The molecule has 1 aromatic rings. The van der Waals surface area contributed by atoms with Crippen molar-refractivity contribution in [3.05, 3.63) is 47.3 Å². The number of hydrogen-bond acceptors (Lipinski definition) is 3. The van der Waals surface area contributed by atoms with E-state index in [0.717, 1.165) is 30.5 Å². The van der Waals surface area contributed by atoms with Crippen molar-refractivity contribution in [2.45, 2.75) is 45.4 Å². The van der Waals surface area contributed by atoms with Crippen LogP contribution in [-0.4, -0.2) is 12.5 Å². The molecular weight excluding hydrogens is 380 g/mol. The highest BCUT2D eigenvalue weighted by molar-refractivity contribution is 8.03. The Labute approximate surface area is 165 Å². The third-order valence-corrected chi connectivity index (χ3v) is 3.15. The van der Waals surface area contributed by atoms with E-state index in [4.69, 9.17) is 33.2 Å². The number of alkyl halides is 1. The van der Waals surface area contributed by atoms with E-state index in [-0.39, 0.29) is 12.4 Å². The Morgan fingerprint density at radius 1 is 1.32 bits per heavy atom. The number of nitriles is 1. The second kappa shape index (κ2) is 19.2. The quantitative estimate of drug-likeness (QED) is 0.203. The summed E-state index contributed by atoms with van der Waals surface area (Å²) in [6.07, 6.45) is 7.60. The zero-order valence-electron chi connectivity index (χ0n) is 15.2. The monoisotopic (exact) mass is 405 g/mol. The summed E-state index contributed by atoms with van der Waals surface area (Å²) >= 11 is 11.9. The van der Waals surface area contributed by atoms with Gasteiger partial charge >= 0.3 is 0 Å². The first kappa shape index (κ1) is 26.1. The minimum Gasteiger partial charge on any atom is -0.485 e. The number of ether oxygens (including phenoxy) is 1. The molecule has 0 heterocycles. The fourth-order valence-corrected chi connectivity index (χ4v) is 1.93. The molecule has 0 atom stereocenters. The molecule has 1 rings (SSSR count). The Morgan fingerprint density at radius 2 is 1.96 bits per heavy atom. The average molecular weight is 406 g/mol. The molecule has 0 aliphatic heterocycles. The molecule has 0 amide bonds. The van der Waals surface area contributed by atoms with E-state index in [1.807, 2.05) is 44.4 Å². The first-order valence-electron chi connectivity index (χ1n) is 8.12. The van der Waals surface area contributed by atoms with E-state index in [9.17, 15) is 4.39 Å². The zero-order valence-corrected chi connectivity index (χ0v) is 17.5. The van der Waals surface area contributed by atoms with Gasteiger partial charge in [-0.05, 0) is 42.8 Å². The van der Waals surface area contributed by atoms with E-state index < -0.39 is 5.82 Å². The lowest BCUT2D eigenvalue weighted by atomic mass is 10.3. The molecule has 0 radical (unpaired) electrons. The van der Waals surface area contributed by atoms with Crippen molar-refractivity contribution < 1.29 is 9.13 Å². The Bertz CT molecular complexity index is 557. The molecule has 0 saturated carbocycles. The largest absolute Gasteiger partial charge is 0.485 e. The number of nitrogens with zero attached hydrogens (tertiary/aromatic N) is 1. The van der Waals surface area contributed by atoms with E-state index in [1.54, 1.807) is 6.07 Å². The summed E-state index contributed by atoms with van der Waals surface area (Å²) in [4.78, 5) is 0.545. The molecule has 0 N–H and O–H groups in total. The number of thiocyanates is 1. The molecule has 140 valence electrons. The lowest BCUT2D eigenvalue weighted by Crippen LogP contribution is -1.99. The van der Waals surface area contributed by atoms with Crippen molar-refractivity contribution >= 4 is 35.0 Å². The zero-order chi connectivity index (χ0) is 19.5. The summed E-state index contributed by atoms with van der Waals surface area (Å²) in [7, 11) is 0. The van der Waals surface area contributed by atoms with Crippen LogP contribution in [0, 0.1) is 16.5 Å². The third-order valence-electron chi connectivity index (χ3n) is 2.31. The van der Waals surface area contributed by atoms with Crippen LogP contribution in [0.2, 0.25) is 0 Å². The van der Waals surface area contributed by atoms with Gasteiger partial charge in [0.05, 0.1) is 5.03 Å². The van der Waals surface area contributed by atoms with Crippen LogP contribution < -0.4 is 4.74 Å². The van der Waals surface area contributed by atoms with Crippen molar-refractivity contribution in [3.63, 3.8) is 0 Å². The van der Waals surface area contributed by atoms with Crippen molar-refractivity contribution in [1.82, 2.24) is 0 Å². The van der Waals surface area contributed by atoms with Crippen LogP contribution in [0.3, 0.4) is 0 Å². The predicted molar refractivity (Wildman–Crippen MR) is 109 cm³/mol. The van der Waals surface area contributed by atoms with Crippen LogP contribution >= 0.6 is 35.0 Å². The van der Waals surface area contributed by atoms with Gasteiger partial charge in [0.15, 0.2) is 11.6 Å². The van der Waals surface area contributed by atoms with Crippen LogP contribution in [-0.2, 0) is 0 Å². The van der Waals surface area contributed by atoms with Crippen molar-refractivity contribution in [2.24, 2.45) is 0 Å². The lowest BCUT2D eigenvalue weighted by molar-refractivity contribution is 0.337. The van der Waals surface area contributed by atoms with Gasteiger partial charge in [-0.1, -0.05) is 57.5 Å². The maximum absolute atomic E-state index is 13.7. The van der Waals surface area contributed by atoms with Gasteiger partial charge in [0, 0.05) is 10.8 Å². The Kier molecular flexibility index (Phi) is 20.0. The second-order valence-corrected chi connectivity index (χ2v) is 5.99. The van der Waals surface area contributed by atoms with E-state index in [1.165, 1.54) is 12.1 Å². The van der Waals surface area contributed by atoms with Crippen molar-refractivity contribution in [1.29, 1.82) is 5.26 Å². The van der Waals surface area contributed by atoms with Crippen LogP contribution in [0.15, 0.2) is 46.4 Å². The standard InChI is InChI=1S/C15H15ClFNOS.C2H5Cl.C2H6/c1-2-3-4-5-6-12(16)10-19-15-8-7-13(20-11-18)9-14(15)17;1-2-3;1-2/h3-4,6-9H,2,5,10H2,1H3;2H2,1H3;1-2H3/b4-3-,12-6+;;. The molecule has 0 unspecified atom stereocenters. The summed E-state index contributed by atoms with van der Waals surface area (Å²) in [5, 5.41) is 10.9. The Morgan fingerprint density at radius 3 is 2.48 bits per heavy atom. The topological polar surface area (TPSA) is 33.0 Å². The molecule has 0 bridgehead atoms. The molecule has 0 spiro atoms. The molecular formula is C19H26Cl2FNOS. The first-order chi connectivity index (χ1) is 12.1. The van der Waals surface area contributed by atoms with Gasteiger partial charge in [-0.15, -0.1) is 11.6 Å². The van der Waals surface area contributed by atoms with Crippen molar-refractivity contribution in [3.8, 4) is 11.2 Å². The molecule has 0 aliphatic carbocycles. The third kappa shape index (κ3) is 14.9. The molecule has 0 aromatic heterocycles. The Balaban J connectivity index is 0. The molecule has 6 heteroatoms. The van der Waals surface area contributed by atoms with Crippen LogP contribution in [0.25, 0.3) is 0 Å². The molecule has 25 heavy (non-hydrogen) atoms. The van der Waals surface area contributed by atoms with Gasteiger partial charge in [-0.25, -0.2) is 4.39 Å². The number of hydrogen-bond donors (Lipinski definition) is 0. The van der Waals surface area contributed by atoms with Gasteiger partial charge in [0.1, 0.15) is 12.0 Å². The average Bonchev–Trinajstić information content (AvgIpc) is 2.61. The van der Waals surface area contributed by atoms with Crippen molar-refractivity contribution in [2.75, 3.05) is 12.5 Å². The first-order valence-corrected chi connectivity index (χ1v) is 9.85. The maximum atomic E-state index is 13.7. The summed E-state index contributed by atoms with van der Waals surface area (Å²) in [5.41, 5.74) is 0. The van der Waals surface area contributed by atoms with Gasteiger partial charge in [0.2, 0.25) is 0 Å². The molecule has 1 aromatic carbocycles. The summed E-state index contributed by atoms with van der Waals surface area (Å²) < 4.78 is 19.0. The predicted octanol–water partition coefficient (Wildman–Crippen LogP) is 7.53. The minimum absolute atomic E-state index is 0.128. The number of allylic oxidation sites excluding steroid dienone is 3. The maximum Gasteiger partial charge on any atom is 0.166 e. The molecule has 0 saturated heterocycles. The van der Waals surface area contributed by atoms with Gasteiger partial charge in [-0.3, -0.25) is 0 Å². The van der Waals surface area contributed by atoms with Crippen LogP contribution in [0.1, 0.15) is 40.5 Å².